The van der Waals surface area contributed by atoms with Crippen LogP contribution in [-0.4, -0.2) is 4.98 Å². The van der Waals surface area contributed by atoms with Gasteiger partial charge in [0.05, 0.1) is 11.4 Å². The first-order valence-electron chi connectivity index (χ1n) is 14.0. The summed E-state index contributed by atoms with van der Waals surface area (Å²) in [7, 11) is 2.31. The van der Waals surface area contributed by atoms with Crippen molar-refractivity contribution in [2.24, 2.45) is 0 Å². The van der Waals surface area contributed by atoms with Crippen LogP contribution in [0.15, 0.2) is 164 Å². The van der Waals surface area contributed by atoms with Gasteiger partial charge in [0.1, 0.15) is 0 Å². The van der Waals surface area contributed by atoms with E-state index in [4.69, 9.17) is 4.98 Å². The SMILES string of the molecule is c1ccc(-c2cc(-c3ccccc3)pc(-c3cccc(-c4cc(-c5ccccc5)cc(-c5ccccc5)p4)n3)c2)cc1. The highest BCUT2D eigenvalue weighted by Gasteiger charge is 2.12. The maximum absolute atomic E-state index is 5.30. The lowest BCUT2D eigenvalue weighted by Gasteiger charge is -2.12. The van der Waals surface area contributed by atoms with E-state index in [0.29, 0.717) is 0 Å². The van der Waals surface area contributed by atoms with Crippen LogP contribution in [0.1, 0.15) is 0 Å². The normalized spacial score (nSPS) is 11.2. The van der Waals surface area contributed by atoms with Crippen molar-refractivity contribution < 1.29 is 0 Å². The van der Waals surface area contributed by atoms with Crippen LogP contribution in [0, 0.1) is 0 Å². The summed E-state index contributed by atoms with van der Waals surface area (Å²) in [6.07, 6.45) is 0. The second-order valence-corrected chi connectivity index (χ2v) is 12.5. The van der Waals surface area contributed by atoms with Gasteiger partial charge >= 0.3 is 0 Å². The Morgan fingerprint density at radius 2 is 0.619 bits per heavy atom. The Morgan fingerprint density at radius 1 is 0.286 bits per heavy atom. The second-order valence-electron chi connectivity index (χ2n) is 10.1. The average molecular weight is 572 g/mol. The third-order valence-electron chi connectivity index (χ3n) is 7.28. The maximum Gasteiger partial charge on any atom is 0.0755 e. The van der Waals surface area contributed by atoms with E-state index in [2.05, 4.69) is 164 Å². The zero-order valence-electron chi connectivity index (χ0n) is 22.9. The van der Waals surface area contributed by atoms with Crippen LogP contribution in [0.2, 0.25) is 0 Å². The third-order valence-corrected chi connectivity index (χ3v) is 9.73. The molecule has 0 spiro atoms. The fraction of sp³-hybridized carbons (Fsp3) is 0. The fourth-order valence-electron chi connectivity index (χ4n) is 5.15. The van der Waals surface area contributed by atoms with Gasteiger partial charge in [0, 0.05) is 21.2 Å². The number of hydrogen-bond donors (Lipinski definition) is 0. The van der Waals surface area contributed by atoms with Crippen molar-refractivity contribution >= 4 is 16.4 Å². The molecule has 0 amide bonds. The van der Waals surface area contributed by atoms with Crippen LogP contribution in [0.3, 0.4) is 0 Å². The summed E-state index contributed by atoms with van der Waals surface area (Å²) in [6, 6.07) is 58.3. The molecule has 1 nitrogen and oxygen atoms in total. The predicted octanol–water partition coefficient (Wildman–Crippen LogP) is 12.2. The molecule has 0 unspecified atom stereocenters. The molecule has 3 heterocycles. The highest BCUT2D eigenvalue weighted by molar-refractivity contribution is 7.38. The van der Waals surface area contributed by atoms with E-state index in [1.807, 2.05) is 0 Å². The van der Waals surface area contributed by atoms with E-state index in [-0.39, 0.29) is 0 Å². The van der Waals surface area contributed by atoms with Crippen molar-refractivity contribution in [3.8, 4) is 65.9 Å². The van der Waals surface area contributed by atoms with Gasteiger partial charge in [0.25, 0.3) is 0 Å². The molecule has 7 rings (SSSR count). The van der Waals surface area contributed by atoms with E-state index in [1.54, 1.807) is 0 Å². The molecule has 0 radical (unpaired) electrons. The Balaban J connectivity index is 1.37. The Kier molecular flexibility index (Phi) is 7.53. The van der Waals surface area contributed by atoms with Gasteiger partial charge in [0.2, 0.25) is 0 Å². The number of pyridine rings is 1. The minimum atomic E-state index is 1.01. The zero-order chi connectivity index (χ0) is 28.1. The second kappa shape index (κ2) is 12.1. The summed E-state index contributed by atoms with van der Waals surface area (Å²) in [5.74, 6) is 0. The van der Waals surface area contributed by atoms with Gasteiger partial charge in [-0.1, -0.05) is 144 Å². The highest BCUT2D eigenvalue weighted by Crippen LogP contribution is 2.43. The van der Waals surface area contributed by atoms with Gasteiger partial charge in [-0.25, -0.2) is 4.98 Å². The highest BCUT2D eigenvalue weighted by atomic mass is 31.0. The van der Waals surface area contributed by atoms with E-state index in [0.717, 1.165) is 27.8 Å². The summed E-state index contributed by atoms with van der Waals surface area (Å²) < 4.78 is 0. The molecular weight excluding hydrogens is 544 g/mol. The first kappa shape index (κ1) is 26.2. The molecule has 0 saturated heterocycles. The van der Waals surface area contributed by atoms with Crippen molar-refractivity contribution in [3.05, 3.63) is 164 Å². The molecule has 0 atom stereocenters. The zero-order valence-corrected chi connectivity index (χ0v) is 24.7. The summed E-state index contributed by atoms with van der Waals surface area (Å²) in [4.78, 5) is 5.30. The summed E-state index contributed by atoms with van der Waals surface area (Å²) in [5, 5.41) is 4.97. The monoisotopic (exact) mass is 571 g/mol. The van der Waals surface area contributed by atoms with Crippen molar-refractivity contribution in [3.63, 3.8) is 0 Å². The quantitative estimate of drug-likeness (QED) is 0.193. The third kappa shape index (κ3) is 5.72. The van der Waals surface area contributed by atoms with Crippen molar-refractivity contribution in [1.82, 2.24) is 4.98 Å². The minimum absolute atomic E-state index is 1.01. The van der Waals surface area contributed by atoms with Gasteiger partial charge < -0.3 is 0 Å². The molecule has 0 N–H and O–H groups in total. The molecule has 198 valence electrons. The average Bonchev–Trinajstić information content (AvgIpc) is 3.09. The Hall–Kier alpha value is -4.67. The molecule has 0 aliphatic heterocycles. The molecule has 0 bridgehead atoms. The van der Waals surface area contributed by atoms with E-state index in [1.165, 1.54) is 54.6 Å². The van der Waals surface area contributed by atoms with Gasteiger partial charge in [-0.15, -0.1) is 0 Å². The lowest BCUT2D eigenvalue weighted by molar-refractivity contribution is 1.35. The van der Waals surface area contributed by atoms with Crippen LogP contribution in [0.5, 0.6) is 0 Å². The van der Waals surface area contributed by atoms with Crippen LogP contribution in [-0.2, 0) is 0 Å². The lowest BCUT2D eigenvalue weighted by atomic mass is 10.0. The Bertz CT molecular complexity index is 1700. The molecule has 3 heteroatoms. The van der Waals surface area contributed by atoms with Crippen molar-refractivity contribution in [1.29, 1.82) is 0 Å². The smallest absolute Gasteiger partial charge is 0.0755 e. The first-order chi connectivity index (χ1) is 20.8. The molecule has 42 heavy (non-hydrogen) atoms. The topological polar surface area (TPSA) is 12.9 Å². The van der Waals surface area contributed by atoms with Gasteiger partial charge in [-0.2, -0.15) is 0 Å². The van der Waals surface area contributed by atoms with E-state index < -0.39 is 0 Å². The molecule has 7 aromatic rings. The maximum atomic E-state index is 5.30. The van der Waals surface area contributed by atoms with Crippen molar-refractivity contribution in [2.45, 2.75) is 0 Å². The van der Waals surface area contributed by atoms with Crippen LogP contribution in [0.25, 0.3) is 65.9 Å². The molecule has 4 aromatic carbocycles. The number of aromatic nitrogens is 1. The number of hydrogen-bond acceptors (Lipinski definition) is 1. The Labute approximate surface area is 250 Å². The minimum Gasteiger partial charge on any atom is -0.247 e. The fourth-order valence-corrected chi connectivity index (χ4v) is 7.52. The number of benzene rings is 4. The van der Waals surface area contributed by atoms with E-state index >= 15 is 0 Å². The number of nitrogens with zero attached hydrogens (tertiary/aromatic N) is 1. The molecule has 0 saturated carbocycles. The molecule has 3 aromatic heterocycles. The predicted molar refractivity (Wildman–Crippen MR) is 182 cm³/mol. The van der Waals surface area contributed by atoms with Gasteiger partial charge in [-0.05, 0) is 69.8 Å². The van der Waals surface area contributed by atoms with Gasteiger partial charge in [-0.3, -0.25) is 0 Å². The summed E-state index contributed by atoms with van der Waals surface area (Å²) >= 11 is 0. The summed E-state index contributed by atoms with van der Waals surface area (Å²) in [5.41, 5.74) is 9.34. The summed E-state index contributed by atoms with van der Waals surface area (Å²) in [6.45, 7) is 0. The standard InChI is InChI=1S/C39H27NP2/c1-5-14-28(15-6-1)32-24-36(30-18-9-3-10-19-30)41-38(26-32)34-22-13-23-35(40-34)39-27-33(29-16-7-2-8-17-29)25-37(42-39)31-20-11-4-12-21-31/h1-27H. The lowest BCUT2D eigenvalue weighted by Crippen LogP contribution is -1.88. The van der Waals surface area contributed by atoms with Crippen molar-refractivity contribution in [2.75, 3.05) is 0 Å². The molecule has 0 aliphatic rings. The largest absolute Gasteiger partial charge is 0.247 e. The van der Waals surface area contributed by atoms with E-state index in [9.17, 15) is 0 Å². The van der Waals surface area contributed by atoms with Gasteiger partial charge in [0.15, 0.2) is 0 Å². The molecular formula is C39H27NP2. The number of rotatable bonds is 6. The van der Waals surface area contributed by atoms with Crippen LogP contribution in [0.4, 0.5) is 0 Å². The van der Waals surface area contributed by atoms with Crippen LogP contribution >= 0.6 is 16.4 Å². The first-order valence-corrected chi connectivity index (χ1v) is 15.8. The Morgan fingerprint density at radius 3 is 1.00 bits per heavy atom. The van der Waals surface area contributed by atoms with Crippen LogP contribution < -0.4 is 0 Å². The molecule has 0 aliphatic carbocycles. The molecule has 0 fully saturated rings.